The lowest BCUT2D eigenvalue weighted by Gasteiger charge is -2.36. The Labute approximate surface area is 103 Å². The summed E-state index contributed by atoms with van der Waals surface area (Å²) >= 11 is 0. The van der Waals surface area contributed by atoms with Crippen molar-refractivity contribution < 1.29 is 4.79 Å². The maximum absolute atomic E-state index is 11.7. The zero-order valence-corrected chi connectivity index (χ0v) is 10.8. The van der Waals surface area contributed by atoms with Crippen molar-refractivity contribution in [2.75, 3.05) is 26.7 Å². The van der Waals surface area contributed by atoms with Crippen molar-refractivity contribution in [3.8, 4) is 0 Å². The maximum Gasteiger partial charge on any atom is 0.236 e. The van der Waals surface area contributed by atoms with Gasteiger partial charge in [0.1, 0.15) is 0 Å². The Bertz CT molecular complexity index is 399. The molecule has 1 saturated heterocycles. The van der Waals surface area contributed by atoms with Gasteiger partial charge in [-0.05, 0) is 19.4 Å². The van der Waals surface area contributed by atoms with Crippen molar-refractivity contribution in [3.63, 3.8) is 0 Å². The van der Waals surface area contributed by atoms with Crippen LogP contribution < -0.4 is 0 Å². The standard InChI is InChI=1S/C14H20N2O/c1-11-4-6-13(7-5-11)12(2)16-9-8-15(3)14(17)10-16/h4-7,12H,8-10H2,1-3H3/t12-/m0/s1. The number of carbonyl (C=O) groups is 1. The van der Waals surface area contributed by atoms with Crippen LogP contribution in [0.15, 0.2) is 24.3 Å². The zero-order chi connectivity index (χ0) is 12.4. The van der Waals surface area contributed by atoms with Crippen molar-refractivity contribution in [1.82, 2.24) is 9.80 Å². The molecular weight excluding hydrogens is 212 g/mol. The lowest BCUT2D eigenvalue weighted by Crippen LogP contribution is -2.49. The number of likely N-dealkylation sites (N-methyl/N-ethyl adjacent to an activating group) is 1. The molecule has 3 nitrogen and oxygen atoms in total. The number of carbonyl (C=O) groups excluding carboxylic acids is 1. The molecule has 17 heavy (non-hydrogen) atoms. The molecule has 0 saturated carbocycles. The van der Waals surface area contributed by atoms with E-state index in [1.807, 2.05) is 7.05 Å². The average molecular weight is 232 g/mol. The van der Waals surface area contributed by atoms with E-state index >= 15 is 0 Å². The number of hydrogen-bond donors (Lipinski definition) is 0. The predicted octanol–water partition coefficient (Wildman–Crippen LogP) is 1.83. The highest BCUT2D eigenvalue weighted by Crippen LogP contribution is 2.21. The highest BCUT2D eigenvalue weighted by molar-refractivity contribution is 5.78. The number of amides is 1. The molecule has 0 radical (unpaired) electrons. The second kappa shape index (κ2) is 4.88. The summed E-state index contributed by atoms with van der Waals surface area (Å²) in [5.41, 5.74) is 2.56. The van der Waals surface area contributed by atoms with Gasteiger partial charge in [-0.3, -0.25) is 9.69 Å². The molecule has 0 aliphatic carbocycles. The molecule has 3 heteroatoms. The first-order valence-electron chi connectivity index (χ1n) is 6.12. The molecule has 1 atom stereocenters. The zero-order valence-electron chi connectivity index (χ0n) is 10.8. The quantitative estimate of drug-likeness (QED) is 0.776. The summed E-state index contributed by atoms with van der Waals surface area (Å²) in [5, 5.41) is 0. The summed E-state index contributed by atoms with van der Waals surface area (Å²) in [6.45, 7) is 6.58. The molecule has 1 aliphatic heterocycles. The van der Waals surface area contributed by atoms with Gasteiger partial charge in [-0.25, -0.2) is 0 Å². The number of benzene rings is 1. The third-order valence-corrected chi connectivity index (χ3v) is 3.59. The number of piperazine rings is 1. The van der Waals surface area contributed by atoms with Crippen LogP contribution in [0, 0.1) is 6.92 Å². The molecule has 1 fully saturated rings. The summed E-state index contributed by atoms with van der Waals surface area (Å²) in [4.78, 5) is 15.7. The van der Waals surface area contributed by atoms with Gasteiger partial charge in [0.15, 0.2) is 0 Å². The smallest absolute Gasteiger partial charge is 0.236 e. The largest absolute Gasteiger partial charge is 0.343 e. The molecule has 0 bridgehead atoms. The fraction of sp³-hybridized carbons (Fsp3) is 0.500. The third kappa shape index (κ3) is 2.67. The highest BCUT2D eigenvalue weighted by atomic mass is 16.2. The van der Waals surface area contributed by atoms with Gasteiger partial charge >= 0.3 is 0 Å². The maximum atomic E-state index is 11.7. The number of nitrogens with zero attached hydrogens (tertiary/aromatic N) is 2. The fourth-order valence-corrected chi connectivity index (χ4v) is 2.16. The van der Waals surface area contributed by atoms with E-state index in [0.29, 0.717) is 12.6 Å². The van der Waals surface area contributed by atoms with Crippen LogP contribution in [0.3, 0.4) is 0 Å². The molecule has 1 amide bonds. The van der Waals surface area contributed by atoms with Crippen LogP contribution >= 0.6 is 0 Å². The van der Waals surface area contributed by atoms with Crippen molar-refractivity contribution >= 4 is 5.91 Å². The van der Waals surface area contributed by atoms with Crippen molar-refractivity contribution in [3.05, 3.63) is 35.4 Å². The van der Waals surface area contributed by atoms with E-state index < -0.39 is 0 Å². The van der Waals surface area contributed by atoms with E-state index in [2.05, 4.69) is 43.0 Å². The van der Waals surface area contributed by atoms with Crippen molar-refractivity contribution in [1.29, 1.82) is 0 Å². The Kier molecular flexibility index (Phi) is 3.48. The minimum absolute atomic E-state index is 0.218. The first-order chi connectivity index (χ1) is 8.08. The van der Waals surface area contributed by atoms with Crippen LogP contribution in [-0.4, -0.2) is 42.4 Å². The van der Waals surface area contributed by atoms with Crippen LogP contribution in [0.5, 0.6) is 0 Å². The molecule has 92 valence electrons. The second-order valence-corrected chi connectivity index (χ2v) is 4.87. The van der Waals surface area contributed by atoms with Gasteiger partial charge < -0.3 is 4.90 Å². The van der Waals surface area contributed by atoms with E-state index in [-0.39, 0.29) is 5.91 Å². The lowest BCUT2D eigenvalue weighted by atomic mass is 10.0. The predicted molar refractivity (Wildman–Crippen MR) is 68.8 cm³/mol. The van der Waals surface area contributed by atoms with Crippen LogP contribution in [0.25, 0.3) is 0 Å². The second-order valence-electron chi connectivity index (χ2n) is 4.87. The molecule has 0 N–H and O–H groups in total. The third-order valence-electron chi connectivity index (χ3n) is 3.59. The van der Waals surface area contributed by atoms with Gasteiger partial charge in [0.05, 0.1) is 6.54 Å². The van der Waals surface area contributed by atoms with Crippen LogP contribution in [0.1, 0.15) is 24.1 Å². The molecular formula is C14H20N2O. The molecule has 1 aromatic rings. The Morgan fingerprint density at radius 3 is 2.41 bits per heavy atom. The minimum Gasteiger partial charge on any atom is -0.343 e. The molecule has 0 aromatic heterocycles. The Balaban J connectivity index is 2.07. The minimum atomic E-state index is 0.218. The van der Waals surface area contributed by atoms with Gasteiger partial charge in [-0.2, -0.15) is 0 Å². The first kappa shape index (κ1) is 12.1. The Morgan fingerprint density at radius 2 is 1.82 bits per heavy atom. The summed E-state index contributed by atoms with van der Waals surface area (Å²) < 4.78 is 0. The van der Waals surface area contributed by atoms with Gasteiger partial charge in [-0.15, -0.1) is 0 Å². The Morgan fingerprint density at radius 1 is 1.18 bits per heavy atom. The van der Waals surface area contributed by atoms with E-state index in [1.165, 1.54) is 11.1 Å². The van der Waals surface area contributed by atoms with Crippen LogP contribution in [0.4, 0.5) is 0 Å². The number of aryl methyl sites for hydroxylation is 1. The number of rotatable bonds is 2. The summed E-state index contributed by atoms with van der Waals surface area (Å²) in [6, 6.07) is 8.88. The molecule has 0 unspecified atom stereocenters. The van der Waals surface area contributed by atoms with Gasteiger partial charge in [-0.1, -0.05) is 29.8 Å². The van der Waals surface area contributed by atoms with E-state index in [0.717, 1.165) is 13.1 Å². The monoisotopic (exact) mass is 232 g/mol. The summed E-state index contributed by atoms with van der Waals surface area (Å²) in [6.07, 6.45) is 0. The van der Waals surface area contributed by atoms with Crippen LogP contribution in [-0.2, 0) is 4.79 Å². The van der Waals surface area contributed by atoms with Gasteiger partial charge in [0, 0.05) is 26.2 Å². The van der Waals surface area contributed by atoms with E-state index in [9.17, 15) is 4.79 Å². The van der Waals surface area contributed by atoms with Crippen molar-refractivity contribution in [2.45, 2.75) is 19.9 Å². The molecule has 1 aliphatic rings. The summed E-state index contributed by atoms with van der Waals surface area (Å²) in [7, 11) is 1.87. The average Bonchev–Trinajstić information content (AvgIpc) is 2.33. The number of hydrogen-bond acceptors (Lipinski definition) is 2. The molecule has 1 aromatic carbocycles. The molecule has 1 heterocycles. The SMILES string of the molecule is Cc1ccc([C@H](C)N2CCN(C)C(=O)C2)cc1. The van der Waals surface area contributed by atoms with E-state index in [1.54, 1.807) is 4.90 Å². The highest BCUT2D eigenvalue weighted by Gasteiger charge is 2.25. The first-order valence-corrected chi connectivity index (χ1v) is 6.12. The molecule has 2 rings (SSSR count). The van der Waals surface area contributed by atoms with E-state index in [4.69, 9.17) is 0 Å². The van der Waals surface area contributed by atoms with Crippen LogP contribution in [0.2, 0.25) is 0 Å². The van der Waals surface area contributed by atoms with Crippen molar-refractivity contribution in [2.24, 2.45) is 0 Å². The fourth-order valence-electron chi connectivity index (χ4n) is 2.16. The normalized spacial score (nSPS) is 19.5. The van der Waals surface area contributed by atoms with Gasteiger partial charge in [0.25, 0.3) is 0 Å². The van der Waals surface area contributed by atoms with Gasteiger partial charge in [0.2, 0.25) is 5.91 Å². The lowest BCUT2D eigenvalue weighted by molar-refractivity contribution is -0.135. The summed E-state index contributed by atoms with van der Waals surface area (Å²) in [5.74, 6) is 0.218. The Hall–Kier alpha value is -1.35. The topological polar surface area (TPSA) is 23.6 Å². The molecule has 0 spiro atoms.